The summed E-state index contributed by atoms with van der Waals surface area (Å²) in [5.41, 5.74) is -0.252. The Labute approximate surface area is 147 Å². The van der Waals surface area contributed by atoms with Crippen LogP contribution in [0.25, 0.3) is 0 Å². The van der Waals surface area contributed by atoms with E-state index in [2.05, 4.69) is 9.97 Å². The predicted molar refractivity (Wildman–Crippen MR) is 92.2 cm³/mol. The third kappa shape index (κ3) is 5.12. The van der Waals surface area contributed by atoms with Crippen molar-refractivity contribution in [2.45, 2.75) is 63.1 Å². The van der Waals surface area contributed by atoms with E-state index in [1.165, 1.54) is 12.4 Å². The van der Waals surface area contributed by atoms with Crippen molar-refractivity contribution in [1.29, 1.82) is 0 Å². The Morgan fingerprint density at radius 1 is 1.40 bits per heavy atom. The summed E-state index contributed by atoms with van der Waals surface area (Å²) in [5, 5.41) is 10.6. The third-order valence-corrected chi connectivity index (χ3v) is 5.21. The maximum absolute atomic E-state index is 12.6. The van der Waals surface area contributed by atoms with Gasteiger partial charge in [-0.05, 0) is 25.7 Å². The number of morpholine rings is 1. The molecule has 0 spiro atoms. The van der Waals surface area contributed by atoms with Crippen LogP contribution < -0.4 is 5.56 Å². The van der Waals surface area contributed by atoms with Crippen molar-refractivity contribution in [2.24, 2.45) is 0 Å². The van der Waals surface area contributed by atoms with Gasteiger partial charge < -0.3 is 19.7 Å². The fourth-order valence-corrected chi connectivity index (χ4v) is 3.76. The summed E-state index contributed by atoms with van der Waals surface area (Å²) in [6.07, 6.45) is 7.51. The quantitative estimate of drug-likeness (QED) is 0.827. The maximum Gasteiger partial charge on any atom is 0.250 e. The smallest absolute Gasteiger partial charge is 0.250 e. The molecule has 0 bridgehead atoms. The lowest BCUT2D eigenvalue weighted by atomic mass is 9.82. The van der Waals surface area contributed by atoms with Crippen molar-refractivity contribution in [3.63, 3.8) is 0 Å². The van der Waals surface area contributed by atoms with Crippen molar-refractivity contribution >= 4 is 5.91 Å². The first-order valence-corrected chi connectivity index (χ1v) is 9.19. The fraction of sp³-hybridized carbons (Fsp3) is 0.722. The second kappa shape index (κ2) is 8.10. The standard InChI is InChI=1S/C18H27N3O4/c22-16-10-14(19-13-20-16)4-5-15-12-21(8-9-25-15)17(23)11-18(24)6-2-1-3-7-18/h10,13,15,24H,1-9,11-12H2,(H,19,20,22)/t15-/m0/s1. The first-order valence-electron chi connectivity index (χ1n) is 9.19. The number of carbonyl (C=O) groups excluding carboxylic acids is 1. The molecule has 1 aromatic rings. The summed E-state index contributed by atoms with van der Waals surface area (Å²) in [7, 11) is 0. The van der Waals surface area contributed by atoms with Gasteiger partial charge in [-0.1, -0.05) is 19.3 Å². The number of ether oxygens (including phenoxy) is 1. The summed E-state index contributed by atoms with van der Waals surface area (Å²) in [4.78, 5) is 32.3. The van der Waals surface area contributed by atoms with E-state index in [4.69, 9.17) is 4.74 Å². The zero-order valence-electron chi connectivity index (χ0n) is 14.6. The van der Waals surface area contributed by atoms with E-state index in [1.54, 1.807) is 0 Å². The van der Waals surface area contributed by atoms with Crippen LogP contribution in [0.1, 0.15) is 50.6 Å². The van der Waals surface area contributed by atoms with Gasteiger partial charge in [0.1, 0.15) is 0 Å². The van der Waals surface area contributed by atoms with Crippen LogP contribution in [0.3, 0.4) is 0 Å². The number of aromatic amines is 1. The number of nitrogens with one attached hydrogen (secondary N) is 1. The fourth-order valence-electron chi connectivity index (χ4n) is 3.76. The molecule has 1 aliphatic carbocycles. The SMILES string of the molecule is O=C(CC1(O)CCCCC1)N1CCO[C@@H](CCc2cc(=O)[nH]cn2)C1. The molecule has 1 atom stereocenters. The number of H-pyrrole nitrogens is 1. The van der Waals surface area contributed by atoms with Crippen LogP contribution in [0, 0.1) is 0 Å². The zero-order valence-corrected chi connectivity index (χ0v) is 14.6. The molecule has 2 aliphatic rings. The van der Waals surface area contributed by atoms with Crippen LogP contribution in [-0.2, 0) is 16.0 Å². The molecule has 25 heavy (non-hydrogen) atoms. The number of carbonyl (C=O) groups is 1. The van der Waals surface area contributed by atoms with Gasteiger partial charge in [0.15, 0.2) is 0 Å². The van der Waals surface area contributed by atoms with Gasteiger partial charge in [-0.25, -0.2) is 4.98 Å². The number of amides is 1. The van der Waals surface area contributed by atoms with E-state index in [-0.39, 0.29) is 24.0 Å². The van der Waals surface area contributed by atoms with Crippen LogP contribution in [0.4, 0.5) is 0 Å². The Kier molecular flexibility index (Phi) is 5.86. The molecule has 2 fully saturated rings. The number of aryl methyl sites for hydroxylation is 1. The molecule has 1 amide bonds. The third-order valence-electron chi connectivity index (χ3n) is 5.21. The molecule has 7 nitrogen and oxygen atoms in total. The van der Waals surface area contributed by atoms with Gasteiger partial charge in [0.2, 0.25) is 5.91 Å². The largest absolute Gasteiger partial charge is 0.389 e. The minimum Gasteiger partial charge on any atom is -0.389 e. The van der Waals surface area contributed by atoms with Crippen molar-refractivity contribution in [3.8, 4) is 0 Å². The van der Waals surface area contributed by atoms with Gasteiger partial charge in [0, 0.05) is 24.8 Å². The van der Waals surface area contributed by atoms with Gasteiger partial charge in [-0.2, -0.15) is 0 Å². The highest BCUT2D eigenvalue weighted by Crippen LogP contribution is 2.31. The van der Waals surface area contributed by atoms with Crippen molar-refractivity contribution in [1.82, 2.24) is 14.9 Å². The topological polar surface area (TPSA) is 95.5 Å². The van der Waals surface area contributed by atoms with Crippen molar-refractivity contribution < 1.29 is 14.6 Å². The van der Waals surface area contributed by atoms with E-state index < -0.39 is 5.60 Å². The molecular formula is C18H27N3O4. The summed E-state index contributed by atoms with van der Waals surface area (Å²) >= 11 is 0. The average molecular weight is 349 g/mol. The number of rotatable bonds is 5. The lowest BCUT2D eigenvalue weighted by Gasteiger charge is -2.37. The van der Waals surface area contributed by atoms with E-state index in [1.807, 2.05) is 4.90 Å². The first kappa shape index (κ1) is 18.1. The van der Waals surface area contributed by atoms with Gasteiger partial charge in [0.25, 0.3) is 5.56 Å². The Balaban J connectivity index is 1.50. The lowest BCUT2D eigenvalue weighted by Crippen LogP contribution is -2.48. The Morgan fingerprint density at radius 3 is 2.96 bits per heavy atom. The number of aromatic nitrogens is 2. The summed E-state index contributed by atoms with van der Waals surface area (Å²) in [6.45, 7) is 1.63. The molecule has 1 saturated carbocycles. The number of hydrogen-bond donors (Lipinski definition) is 2. The summed E-state index contributed by atoms with van der Waals surface area (Å²) < 4.78 is 5.76. The van der Waals surface area contributed by atoms with Gasteiger partial charge >= 0.3 is 0 Å². The Bertz CT molecular complexity index is 639. The molecule has 7 heteroatoms. The summed E-state index contributed by atoms with van der Waals surface area (Å²) in [5.74, 6) is 0.0204. The van der Waals surface area contributed by atoms with E-state index in [9.17, 15) is 14.7 Å². The maximum atomic E-state index is 12.6. The minimum absolute atomic E-state index is 0.0204. The molecule has 2 N–H and O–H groups in total. The highest BCUT2D eigenvalue weighted by Gasteiger charge is 2.34. The average Bonchev–Trinajstić information content (AvgIpc) is 2.60. The molecule has 0 aromatic carbocycles. The monoisotopic (exact) mass is 349 g/mol. The lowest BCUT2D eigenvalue weighted by molar-refractivity contribution is -0.145. The second-order valence-electron chi connectivity index (χ2n) is 7.24. The van der Waals surface area contributed by atoms with Crippen molar-refractivity contribution in [3.05, 3.63) is 28.4 Å². The number of hydrogen-bond acceptors (Lipinski definition) is 5. The van der Waals surface area contributed by atoms with Crippen LogP contribution in [0.15, 0.2) is 17.2 Å². The van der Waals surface area contributed by atoms with E-state index in [0.29, 0.717) is 32.5 Å². The Hall–Kier alpha value is -1.73. The van der Waals surface area contributed by atoms with Gasteiger partial charge in [-0.3, -0.25) is 9.59 Å². The molecule has 138 valence electrons. The zero-order chi connectivity index (χ0) is 17.7. The predicted octanol–water partition coefficient (Wildman–Crippen LogP) is 1.02. The van der Waals surface area contributed by atoms with E-state index >= 15 is 0 Å². The van der Waals surface area contributed by atoms with Crippen LogP contribution in [0.5, 0.6) is 0 Å². The van der Waals surface area contributed by atoms with Gasteiger partial charge in [-0.15, -0.1) is 0 Å². The molecule has 3 rings (SSSR count). The molecule has 0 unspecified atom stereocenters. The van der Waals surface area contributed by atoms with Crippen LogP contribution in [0.2, 0.25) is 0 Å². The molecular weight excluding hydrogens is 322 g/mol. The van der Waals surface area contributed by atoms with Crippen molar-refractivity contribution in [2.75, 3.05) is 19.7 Å². The minimum atomic E-state index is -0.821. The van der Waals surface area contributed by atoms with Crippen LogP contribution >= 0.6 is 0 Å². The number of nitrogens with zero attached hydrogens (tertiary/aromatic N) is 2. The molecule has 0 radical (unpaired) electrons. The first-order chi connectivity index (χ1) is 12.0. The second-order valence-corrected chi connectivity index (χ2v) is 7.24. The number of aliphatic hydroxyl groups is 1. The Morgan fingerprint density at radius 2 is 2.20 bits per heavy atom. The molecule has 1 aliphatic heterocycles. The highest BCUT2D eigenvalue weighted by molar-refractivity contribution is 5.77. The summed E-state index contributed by atoms with van der Waals surface area (Å²) in [6, 6.07) is 1.49. The normalized spacial score (nSPS) is 23.4. The molecule has 1 aromatic heterocycles. The van der Waals surface area contributed by atoms with Gasteiger partial charge in [0.05, 0.1) is 31.1 Å². The molecule has 1 saturated heterocycles. The van der Waals surface area contributed by atoms with E-state index in [0.717, 1.165) is 37.8 Å². The van der Waals surface area contributed by atoms with Crippen LogP contribution in [-0.4, -0.2) is 57.3 Å². The molecule has 2 heterocycles. The highest BCUT2D eigenvalue weighted by atomic mass is 16.5.